The number of aromatic nitrogens is 1. The Labute approximate surface area is 180 Å². The van der Waals surface area contributed by atoms with Gasteiger partial charge in [-0.05, 0) is 36.2 Å². The van der Waals surface area contributed by atoms with Gasteiger partial charge in [-0.1, -0.05) is 43.7 Å². The lowest BCUT2D eigenvalue weighted by atomic mass is 10.2. The minimum Gasteiger partial charge on any atom is -0.494 e. The lowest BCUT2D eigenvalue weighted by Crippen LogP contribution is -2.24. The highest BCUT2D eigenvalue weighted by Crippen LogP contribution is 2.17. The summed E-state index contributed by atoms with van der Waals surface area (Å²) in [6.45, 7) is 3.24. The number of benzene rings is 2. The van der Waals surface area contributed by atoms with Crippen LogP contribution in [0, 0.1) is 0 Å². The first kappa shape index (κ1) is 21.5. The van der Waals surface area contributed by atoms with Crippen LogP contribution in [0.4, 0.5) is 5.13 Å². The molecule has 2 amide bonds. The monoisotopic (exact) mass is 423 g/mol. The highest BCUT2D eigenvalue weighted by molar-refractivity contribution is 7.14. The Morgan fingerprint density at radius 1 is 1.10 bits per heavy atom. The first-order valence-corrected chi connectivity index (χ1v) is 10.8. The van der Waals surface area contributed by atoms with Gasteiger partial charge in [-0.15, -0.1) is 11.3 Å². The van der Waals surface area contributed by atoms with Crippen LogP contribution >= 0.6 is 11.3 Å². The van der Waals surface area contributed by atoms with Gasteiger partial charge in [0.15, 0.2) is 5.13 Å². The smallest absolute Gasteiger partial charge is 0.257 e. The van der Waals surface area contributed by atoms with E-state index in [4.69, 9.17) is 4.74 Å². The Morgan fingerprint density at radius 3 is 2.73 bits per heavy atom. The van der Waals surface area contributed by atoms with Crippen molar-refractivity contribution in [2.75, 3.05) is 11.9 Å². The summed E-state index contributed by atoms with van der Waals surface area (Å²) in [5.74, 6) is 0.467. The molecular weight excluding hydrogens is 398 g/mol. The standard InChI is InChI=1S/C23H25N3O3S/c1-2-3-12-29-20-11-7-8-17(13-20)15-24-21(27)14-19-16-30-23(25-19)26-22(28)18-9-5-4-6-10-18/h4-11,13,16H,2-3,12,14-15H2,1H3,(H,24,27)(H,25,26,28). The zero-order valence-corrected chi connectivity index (χ0v) is 17.7. The number of ether oxygens (including phenoxy) is 1. The summed E-state index contributed by atoms with van der Waals surface area (Å²) < 4.78 is 5.70. The minimum atomic E-state index is -0.220. The van der Waals surface area contributed by atoms with Crippen LogP contribution in [0.2, 0.25) is 0 Å². The van der Waals surface area contributed by atoms with Gasteiger partial charge in [-0.25, -0.2) is 4.98 Å². The Balaban J connectivity index is 1.46. The largest absolute Gasteiger partial charge is 0.494 e. The first-order chi connectivity index (χ1) is 14.6. The molecule has 0 bridgehead atoms. The Kier molecular flexibility index (Phi) is 7.97. The third kappa shape index (κ3) is 6.70. The molecule has 1 aromatic heterocycles. The Bertz CT molecular complexity index is 973. The van der Waals surface area contributed by atoms with Gasteiger partial charge in [0.25, 0.3) is 5.91 Å². The molecule has 0 aliphatic rings. The number of hydrogen-bond acceptors (Lipinski definition) is 5. The number of carbonyl (C=O) groups excluding carboxylic acids is 2. The molecule has 0 saturated carbocycles. The number of amides is 2. The molecule has 0 fully saturated rings. The molecule has 0 aliphatic carbocycles. The van der Waals surface area contributed by atoms with Crippen molar-refractivity contribution in [1.29, 1.82) is 0 Å². The number of unbranched alkanes of at least 4 members (excludes halogenated alkanes) is 1. The number of thiazole rings is 1. The first-order valence-electron chi connectivity index (χ1n) is 9.93. The summed E-state index contributed by atoms with van der Waals surface area (Å²) in [6.07, 6.45) is 2.26. The zero-order valence-electron chi connectivity index (χ0n) is 16.9. The molecule has 0 aliphatic heterocycles. The van der Waals surface area contributed by atoms with Crippen molar-refractivity contribution in [2.24, 2.45) is 0 Å². The predicted octanol–water partition coefficient (Wildman–Crippen LogP) is 4.43. The number of rotatable bonds is 10. The van der Waals surface area contributed by atoms with Crippen LogP contribution in [-0.4, -0.2) is 23.4 Å². The lowest BCUT2D eigenvalue weighted by molar-refractivity contribution is -0.120. The fraction of sp³-hybridized carbons (Fsp3) is 0.261. The molecule has 0 saturated heterocycles. The van der Waals surface area contributed by atoms with Crippen molar-refractivity contribution in [3.8, 4) is 5.75 Å². The average molecular weight is 424 g/mol. The second kappa shape index (κ2) is 11.1. The van der Waals surface area contributed by atoms with E-state index in [9.17, 15) is 9.59 Å². The molecule has 3 aromatic rings. The SMILES string of the molecule is CCCCOc1cccc(CNC(=O)Cc2csc(NC(=O)c3ccccc3)n2)c1. The van der Waals surface area contributed by atoms with Crippen molar-refractivity contribution in [1.82, 2.24) is 10.3 Å². The van der Waals surface area contributed by atoms with Gasteiger partial charge < -0.3 is 10.1 Å². The molecule has 156 valence electrons. The number of carbonyl (C=O) groups is 2. The van der Waals surface area contributed by atoms with Gasteiger partial charge in [0, 0.05) is 17.5 Å². The molecule has 2 N–H and O–H groups in total. The van der Waals surface area contributed by atoms with Gasteiger partial charge >= 0.3 is 0 Å². The van der Waals surface area contributed by atoms with Crippen LogP contribution in [0.1, 0.15) is 41.4 Å². The highest BCUT2D eigenvalue weighted by atomic mass is 32.1. The van der Waals surface area contributed by atoms with Gasteiger partial charge in [0.2, 0.25) is 5.91 Å². The predicted molar refractivity (Wildman–Crippen MR) is 119 cm³/mol. The van der Waals surface area contributed by atoms with Crippen LogP contribution in [0.25, 0.3) is 0 Å². The molecule has 0 unspecified atom stereocenters. The van der Waals surface area contributed by atoms with E-state index in [1.54, 1.807) is 29.6 Å². The fourth-order valence-electron chi connectivity index (χ4n) is 2.71. The third-order valence-electron chi connectivity index (χ3n) is 4.30. The van der Waals surface area contributed by atoms with E-state index >= 15 is 0 Å². The number of nitrogens with one attached hydrogen (secondary N) is 2. The maximum Gasteiger partial charge on any atom is 0.257 e. The molecule has 3 rings (SSSR count). The third-order valence-corrected chi connectivity index (χ3v) is 5.11. The molecule has 30 heavy (non-hydrogen) atoms. The van der Waals surface area contributed by atoms with Crippen molar-refractivity contribution in [2.45, 2.75) is 32.7 Å². The Morgan fingerprint density at radius 2 is 1.93 bits per heavy atom. The van der Waals surface area contributed by atoms with E-state index in [-0.39, 0.29) is 18.2 Å². The average Bonchev–Trinajstić information content (AvgIpc) is 3.20. The fourth-order valence-corrected chi connectivity index (χ4v) is 3.42. The van der Waals surface area contributed by atoms with Crippen molar-refractivity contribution in [3.63, 3.8) is 0 Å². The summed E-state index contributed by atoms with van der Waals surface area (Å²) in [4.78, 5) is 28.8. The van der Waals surface area contributed by atoms with Crippen LogP contribution in [0.5, 0.6) is 5.75 Å². The van der Waals surface area contributed by atoms with Gasteiger partial charge in [0.1, 0.15) is 5.75 Å². The normalized spacial score (nSPS) is 10.4. The maximum atomic E-state index is 12.3. The maximum absolute atomic E-state index is 12.3. The molecule has 7 heteroatoms. The lowest BCUT2D eigenvalue weighted by Gasteiger charge is -2.08. The molecule has 0 atom stereocenters. The van der Waals surface area contributed by atoms with E-state index in [2.05, 4.69) is 22.5 Å². The summed E-state index contributed by atoms with van der Waals surface area (Å²) in [5, 5.41) is 7.92. The summed E-state index contributed by atoms with van der Waals surface area (Å²) in [5.41, 5.74) is 2.16. The number of anilines is 1. The van der Waals surface area contributed by atoms with E-state index in [0.29, 0.717) is 29.5 Å². The van der Waals surface area contributed by atoms with Gasteiger partial charge in [-0.2, -0.15) is 0 Å². The van der Waals surface area contributed by atoms with E-state index < -0.39 is 0 Å². The van der Waals surface area contributed by atoms with Crippen LogP contribution in [0.3, 0.4) is 0 Å². The van der Waals surface area contributed by atoms with Crippen LogP contribution in [-0.2, 0) is 17.8 Å². The summed E-state index contributed by atoms with van der Waals surface area (Å²) in [6, 6.07) is 16.7. The molecular formula is C23H25N3O3S. The molecule has 0 spiro atoms. The highest BCUT2D eigenvalue weighted by Gasteiger charge is 2.11. The summed E-state index contributed by atoms with van der Waals surface area (Å²) >= 11 is 1.30. The van der Waals surface area contributed by atoms with Crippen molar-refractivity contribution >= 4 is 28.3 Å². The van der Waals surface area contributed by atoms with E-state index in [1.807, 2.05) is 30.3 Å². The van der Waals surface area contributed by atoms with Crippen LogP contribution < -0.4 is 15.4 Å². The second-order valence-electron chi connectivity index (χ2n) is 6.77. The zero-order chi connectivity index (χ0) is 21.2. The second-order valence-corrected chi connectivity index (χ2v) is 7.63. The summed E-state index contributed by atoms with van der Waals surface area (Å²) in [7, 11) is 0. The Hall–Kier alpha value is -3.19. The molecule has 0 radical (unpaired) electrons. The van der Waals surface area contributed by atoms with E-state index in [0.717, 1.165) is 24.2 Å². The van der Waals surface area contributed by atoms with Crippen molar-refractivity contribution in [3.05, 3.63) is 76.8 Å². The van der Waals surface area contributed by atoms with Gasteiger partial charge in [0.05, 0.1) is 18.7 Å². The minimum absolute atomic E-state index is 0.126. The van der Waals surface area contributed by atoms with Crippen molar-refractivity contribution < 1.29 is 14.3 Å². The molecule has 1 heterocycles. The van der Waals surface area contributed by atoms with Crippen LogP contribution in [0.15, 0.2) is 60.0 Å². The number of hydrogen-bond donors (Lipinski definition) is 2. The van der Waals surface area contributed by atoms with E-state index in [1.165, 1.54) is 11.3 Å². The molecule has 6 nitrogen and oxygen atoms in total. The molecule has 2 aromatic carbocycles. The quantitative estimate of drug-likeness (QED) is 0.473. The van der Waals surface area contributed by atoms with Gasteiger partial charge in [-0.3, -0.25) is 14.9 Å². The topological polar surface area (TPSA) is 80.3 Å². The number of nitrogens with zero attached hydrogens (tertiary/aromatic N) is 1.